The molecule has 1 amide bonds. The van der Waals surface area contributed by atoms with E-state index in [4.69, 9.17) is 25.9 Å². The lowest BCUT2D eigenvalue weighted by Gasteiger charge is -2.37. The highest BCUT2D eigenvalue weighted by atomic mass is 35.5. The summed E-state index contributed by atoms with van der Waals surface area (Å²) in [7, 11) is 0. The first kappa shape index (κ1) is 23.8. The number of anilines is 1. The molecular weight excluding hydrogens is 449 g/mol. The zero-order valence-corrected chi connectivity index (χ0v) is 17.7. The van der Waals surface area contributed by atoms with Crippen LogP contribution in [0.4, 0.5) is 23.7 Å². The third-order valence-electron chi connectivity index (χ3n) is 5.55. The van der Waals surface area contributed by atoms with Crippen LogP contribution in [0.25, 0.3) is 0 Å². The van der Waals surface area contributed by atoms with Crippen molar-refractivity contribution in [3.63, 3.8) is 0 Å². The third-order valence-corrected chi connectivity index (χ3v) is 5.88. The number of carbonyl (C=O) groups is 1. The number of carbonyl (C=O) groups excluding carboxylic acids is 3. The van der Waals surface area contributed by atoms with E-state index in [0.29, 0.717) is 44.6 Å². The van der Waals surface area contributed by atoms with Gasteiger partial charge in [-0.25, -0.2) is 4.79 Å². The van der Waals surface area contributed by atoms with Crippen molar-refractivity contribution >= 4 is 29.5 Å². The van der Waals surface area contributed by atoms with E-state index in [-0.39, 0.29) is 17.3 Å². The molecule has 2 saturated heterocycles. The van der Waals surface area contributed by atoms with Crippen molar-refractivity contribution in [3.8, 4) is 0 Å². The molecule has 2 aliphatic heterocycles. The Balaban J connectivity index is 0.000000913. The average Bonchev–Trinajstić information content (AvgIpc) is 3.07. The first-order valence-corrected chi connectivity index (χ1v) is 10.2. The van der Waals surface area contributed by atoms with Crippen LogP contribution in [0.2, 0.25) is 5.02 Å². The Morgan fingerprint density at radius 1 is 1.06 bits per heavy atom. The van der Waals surface area contributed by atoms with E-state index in [1.54, 1.807) is 11.0 Å². The maximum atomic E-state index is 13.1. The highest BCUT2D eigenvalue weighted by molar-refractivity contribution is 6.31. The number of piperidine rings is 1. The number of para-hydroxylation sites is 1. The SMILES string of the molecule is O=C1OC2(CCN(Cc3ccc(Cl)c(C(F)(F)F)c3)CC2)CN1c1ccccc1.O=C=O. The molecular formula is C22H20ClF3N2O4. The van der Waals surface area contributed by atoms with E-state index in [2.05, 4.69) is 4.90 Å². The first-order chi connectivity index (χ1) is 15.2. The van der Waals surface area contributed by atoms with Crippen LogP contribution in [0.3, 0.4) is 0 Å². The van der Waals surface area contributed by atoms with Gasteiger partial charge >= 0.3 is 18.4 Å². The summed E-state index contributed by atoms with van der Waals surface area (Å²) >= 11 is 5.70. The van der Waals surface area contributed by atoms with E-state index < -0.39 is 17.3 Å². The number of likely N-dealkylation sites (tertiary alicyclic amines) is 1. The smallest absolute Gasteiger partial charge is 0.417 e. The number of amides is 1. The van der Waals surface area contributed by atoms with Gasteiger partial charge in [-0.2, -0.15) is 22.8 Å². The number of hydrogen-bond donors (Lipinski definition) is 0. The predicted octanol–water partition coefficient (Wildman–Crippen LogP) is 4.77. The molecule has 10 heteroatoms. The van der Waals surface area contributed by atoms with Crippen molar-refractivity contribution in [2.24, 2.45) is 0 Å². The Bertz CT molecular complexity index is 986. The maximum Gasteiger partial charge on any atom is 0.417 e. The van der Waals surface area contributed by atoms with Crippen LogP contribution in [0.1, 0.15) is 24.0 Å². The van der Waals surface area contributed by atoms with Crippen LogP contribution in [0, 0.1) is 0 Å². The Hall–Kier alpha value is -2.87. The van der Waals surface area contributed by atoms with Gasteiger partial charge in [0.25, 0.3) is 0 Å². The molecule has 0 aliphatic carbocycles. The summed E-state index contributed by atoms with van der Waals surface area (Å²) in [5, 5.41) is -0.294. The van der Waals surface area contributed by atoms with Gasteiger partial charge < -0.3 is 4.74 Å². The number of rotatable bonds is 3. The lowest BCUT2D eigenvalue weighted by Crippen LogP contribution is -2.46. The van der Waals surface area contributed by atoms with Gasteiger partial charge in [-0.3, -0.25) is 9.80 Å². The van der Waals surface area contributed by atoms with Crippen LogP contribution >= 0.6 is 11.6 Å². The number of alkyl halides is 3. The van der Waals surface area contributed by atoms with Crippen LogP contribution in [0.5, 0.6) is 0 Å². The lowest BCUT2D eigenvalue weighted by molar-refractivity contribution is -0.191. The number of halogens is 4. The van der Waals surface area contributed by atoms with Gasteiger partial charge in [0.05, 0.1) is 17.1 Å². The van der Waals surface area contributed by atoms with Gasteiger partial charge in [0.2, 0.25) is 0 Å². The van der Waals surface area contributed by atoms with Gasteiger partial charge in [-0.05, 0) is 29.8 Å². The fourth-order valence-corrected chi connectivity index (χ4v) is 4.18. The summed E-state index contributed by atoms with van der Waals surface area (Å²) < 4.78 is 44.9. The van der Waals surface area contributed by atoms with Gasteiger partial charge in [0, 0.05) is 38.2 Å². The predicted molar refractivity (Wildman–Crippen MR) is 109 cm³/mol. The van der Waals surface area contributed by atoms with E-state index in [1.807, 2.05) is 30.3 Å². The molecule has 170 valence electrons. The summed E-state index contributed by atoms with van der Waals surface area (Å²) in [4.78, 5) is 32.3. The second-order valence-electron chi connectivity index (χ2n) is 7.64. The molecule has 4 rings (SSSR count). The molecule has 2 aliphatic rings. The average molecular weight is 469 g/mol. The second-order valence-corrected chi connectivity index (χ2v) is 8.05. The topological polar surface area (TPSA) is 66.9 Å². The number of hydrogen-bond acceptors (Lipinski definition) is 5. The molecule has 0 aromatic heterocycles. The van der Waals surface area contributed by atoms with Gasteiger partial charge in [0.15, 0.2) is 0 Å². The molecule has 0 atom stereocenters. The van der Waals surface area contributed by atoms with Gasteiger partial charge in [-0.15, -0.1) is 0 Å². The van der Waals surface area contributed by atoms with Crippen molar-refractivity contribution in [3.05, 3.63) is 64.7 Å². The third kappa shape index (κ3) is 5.48. The molecule has 2 aromatic rings. The van der Waals surface area contributed by atoms with Crippen LogP contribution in [-0.4, -0.2) is 42.4 Å². The molecule has 1 spiro atoms. The van der Waals surface area contributed by atoms with Crippen molar-refractivity contribution in [1.82, 2.24) is 4.90 Å². The zero-order valence-electron chi connectivity index (χ0n) is 16.9. The van der Waals surface area contributed by atoms with E-state index in [1.165, 1.54) is 6.07 Å². The highest BCUT2D eigenvalue weighted by Crippen LogP contribution is 2.37. The van der Waals surface area contributed by atoms with Crippen molar-refractivity contribution in [2.45, 2.75) is 31.2 Å². The number of nitrogens with zero attached hydrogens (tertiary/aromatic N) is 2. The standard InChI is InChI=1S/C21H20ClF3N2O2.CO2/c22-18-7-6-15(12-17(18)21(23,24)25)13-26-10-8-20(9-11-26)14-27(19(28)29-20)16-4-2-1-3-5-16;2-1-3/h1-7,12H,8-11,13-14H2;. The van der Waals surface area contributed by atoms with E-state index >= 15 is 0 Å². The minimum atomic E-state index is -4.47. The van der Waals surface area contributed by atoms with Gasteiger partial charge in [-0.1, -0.05) is 35.9 Å². The minimum Gasteiger partial charge on any atom is -0.441 e. The molecule has 2 aromatic carbocycles. The van der Waals surface area contributed by atoms with E-state index in [0.717, 1.165) is 11.8 Å². The Kier molecular flexibility index (Phi) is 7.23. The van der Waals surface area contributed by atoms with Crippen molar-refractivity contribution in [2.75, 3.05) is 24.5 Å². The summed E-state index contributed by atoms with van der Waals surface area (Å²) in [5.74, 6) is 0. The van der Waals surface area contributed by atoms with E-state index in [9.17, 15) is 18.0 Å². The summed E-state index contributed by atoms with van der Waals surface area (Å²) in [6.45, 7) is 2.16. The fraction of sp³-hybridized carbons (Fsp3) is 0.364. The molecule has 32 heavy (non-hydrogen) atoms. The molecule has 2 fully saturated rings. The quantitative estimate of drug-likeness (QED) is 0.649. The van der Waals surface area contributed by atoms with Crippen molar-refractivity contribution in [1.29, 1.82) is 0 Å². The molecule has 2 heterocycles. The van der Waals surface area contributed by atoms with Crippen molar-refractivity contribution < 1.29 is 32.3 Å². The minimum absolute atomic E-state index is 0.250. The molecule has 0 N–H and O–H groups in total. The summed E-state index contributed by atoms with van der Waals surface area (Å²) in [6.07, 6.45) is -3.29. The molecule has 0 radical (unpaired) electrons. The largest absolute Gasteiger partial charge is 0.441 e. The summed E-state index contributed by atoms with van der Waals surface area (Å²) in [6, 6.07) is 13.4. The fourth-order valence-electron chi connectivity index (χ4n) is 3.95. The first-order valence-electron chi connectivity index (χ1n) is 9.80. The summed E-state index contributed by atoms with van der Waals surface area (Å²) in [5.41, 5.74) is 0.0126. The van der Waals surface area contributed by atoms with Gasteiger partial charge in [0.1, 0.15) is 5.60 Å². The highest BCUT2D eigenvalue weighted by Gasteiger charge is 2.47. The number of benzene rings is 2. The monoisotopic (exact) mass is 468 g/mol. The van der Waals surface area contributed by atoms with Crippen LogP contribution in [-0.2, 0) is 27.0 Å². The maximum absolute atomic E-state index is 13.1. The normalized spacial score (nSPS) is 18.0. The lowest BCUT2D eigenvalue weighted by atomic mass is 9.91. The molecule has 0 saturated carbocycles. The second kappa shape index (κ2) is 9.73. The zero-order chi connectivity index (χ0) is 23.4. The Morgan fingerprint density at radius 2 is 1.69 bits per heavy atom. The van der Waals surface area contributed by atoms with Crippen LogP contribution < -0.4 is 4.90 Å². The van der Waals surface area contributed by atoms with Crippen LogP contribution in [0.15, 0.2) is 48.5 Å². The number of ether oxygens (including phenoxy) is 1. The molecule has 6 nitrogen and oxygen atoms in total. The Morgan fingerprint density at radius 3 is 2.28 bits per heavy atom. The molecule has 0 bridgehead atoms. The Labute approximate surface area is 187 Å². The molecule has 0 unspecified atom stereocenters.